The van der Waals surface area contributed by atoms with Gasteiger partial charge in [-0.15, -0.1) is 0 Å². The van der Waals surface area contributed by atoms with Gasteiger partial charge in [0.05, 0.1) is 4.91 Å². The Balaban J connectivity index is 1.56. The molecule has 1 atom stereocenters. The van der Waals surface area contributed by atoms with Crippen LogP contribution in [0.25, 0.3) is 6.08 Å². The first kappa shape index (κ1) is 26.5. The molecule has 0 saturated carbocycles. The zero-order valence-electron chi connectivity index (χ0n) is 21.5. The minimum atomic E-state index is -0.439. The van der Waals surface area contributed by atoms with Gasteiger partial charge >= 0.3 is 0 Å². The van der Waals surface area contributed by atoms with E-state index in [1.165, 1.54) is 11.3 Å². The lowest BCUT2D eigenvalue weighted by Gasteiger charge is -2.50. The minimum absolute atomic E-state index is 0.0496. The van der Waals surface area contributed by atoms with Crippen LogP contribution >= 0.6 is 27.7 Å². The second kappa shape index (κ2) is 10.1. The monoisotopic (exact) mass is 569 g/mol. The summed E-state index contributed by atoms with van der Waals surface area (Å²) in [5, 5.41) is 2.29. The third-order valence-corrected chi connectivity index (χ3v) is 8.21. The number of halogens is 1. The number of rotatable bonds is 5. The molecule has 36 heavy (non-hydrogen) atoms. The molecule has 2 aromatic carbocycles. The van der Waals surface area contributed by atoms with Crippen LogP contribution in [0.5, 0.6) is 0 Å². The fourth-order valence-corrected chi connectivity index (χ4v) is 6.50. The number of hydrogen-bond donors (Lipinski definition) is 1. The van der Waals surface area contributed by atoms with Crippen LogP contribution in [0.2, 0.25) is 0 Å². The number of thioether (sulfide) groups is 1. The van der Waals surface area contributed by atoms with E-state index in [0.29, 0.717) is 22.6 Å². The summed E-state index contributed by atoms with van der Waals surface area (Å²) in [4.78, 5) is 42.0. The topological polar surface area (TPSA) is 69.7 Å². The largest absolute Gasteiger partial charge is 0.364 e. The lowest BCUT2D eigenvalue weighted by Crippen LogP contribution is -2.51. The Morgan fingerprint density at radius 1 is 1.22 bits per heavy atom. The molecule has 1 saturated heterocycles. The number of hydrogen-bond acceptors (Lipinski definition) is 5. The van der Waals surface area contributed by atoms with E-state index in [4.69, 9.17) is 0 Å². The van der Waals surface area contributed by atoms with Crippen molar-refractivity contribution in [3.05, 3.63) is 62.5 Å². The third-order valence-electron chi connectivity index (χ3n) is 6.77. The number of amides is 3. The Bertz CT molecular complexity index is 1250. The number of carbonyl (C=O) groups excluding carboxylic acids is 3. The van der Waals surface area contributed by atoms with Crippen molar-refractivity contribution in [2.45, 2.75) is 65.5 Å². The van der Waals surface area contributed by atoms with E-state index < -0.39 is 17.1 Å². The molecule has 4 rings (SSSR count). The molecule has 6 nitrogen and oxygen atoms in total. The number of benzene rings is 2. The van der Waals surface area contributed by atoms with Crippen LogP contribution in [-0.4, -0.2) is 40.1 Å². The number of nitrogens with zero attached hydrogens (tertiary/aromatic N) is 2. The first-order valence-electron chi connectivity index (χ1n) is 12.1. The SMILES string of the molecule is Cc1cc2c(cc1/C=C1\SC(=O)N(CC(=O)Nc3ccc(Br)cc3)C1=O)[C@@H](C)CC(C)(C)N2C(C)C. The summed E-state index contributed by atoms with van der Waals surface area (Å²) >= 11 is 4.23. The van der Waals surface area contributed by atoms with Crippen molar-refractivity contribution in [3.63, 3.8) is 0 Å². The summed E-state index contributed by atoms with van der Waals surface area (Å²) in [6, 6.07) is 11.8. The number of fused-ring (bicyclic) bond motifs is 1. The lowest BCUT2D eigenvalue weighted by atomic mass is 9.78. The van der Waals surface area contributed by atoms with Crippen LogP contribution in [-0.2, 0) is 9.59 Å². The molecule has 8 heteroatoms. The van der Waals surface area contributed by atoms with Crippen molar-refractivity contribution in [2.24, 2.45) is 0 Å². The maximum absolute atomic E-state index is 13.1. The Hall–Kier alpha value is -2.58. The standard InChI is InChI=1S/C28H32BrN3O3S/c1-16(2)32-23-11-17(3)19(12-22(23)18(4)14-28(32,5)6)13-24-26(34)31(27(35)36-24)15-25(33)30-21-9-7-20(29)8-10-21/h7-13,16,18H,14-15H2,1-6H3,(H,30,33)/b24-13-/t18-/m0/s1. The van der Waals surface area contributed by atoms with E-state index in [-0.39, 0.29) is 12.1 Å². The van der Waals surface area contributed by atoms with Crippen molar-refractivity contribution in [2.75, 3.05) is 16.8 Å². The highest BCUT2D eigenvalue weighted by Crippen LogP contribution is 2.46. The van der Waals surface area contributed by atoms with Crippen LogP contribution in [0.1, 0.15) is 63.6 Å². The summed E-state index contributed by atoms with van der Waals surface area (Å²) in [7, 11) is 0. The fraction of sp³-hybridized carbons (Fsp3) is 0.393. The maximum atomic E-state index is 13.1. The smallest absolute Gasteiger partial charge is 0.294 e. The summed E-state index contributed by atoms with van der Waals surface area (Å²) < 4.78 is 0.893. The molecule has 2 aliphatic rings. The molecule has 2 heterocycles. The average molecular weight is 571 g/mol. The Morgan fingerprint density at radius 2 is 1.89 bits per heavy atom. The Labute approximate surface area is 225 Å². The number of imide groups is 1. The van der Waals surface area contributed by atoms with Gasteiger partial charge in [-0.2, -0.15) is 0 Å². The quantitative estimate of drug-likeness (QED) is 0.395. The predicted octanol–water partition coefficient (Wildman–Crippen LogP) is 6.93. The van der Waals surface area contributed by atoms with Crippen molar-refractivity contribution in [1.29, 1.82) is 0 Å². The molecule has 0 aliphatic carbocycles. The van der Waals surface area contributed by atoms with Crippen LogP contribution < -0.4 is 10.2 Å². The average Bonchev–Trinajstić information content (AvgIpc) is 3.03. The molecule has 0 unspecified atom stereocenters. The molecule has 0 spiro atoms. The fourth-order valence-electron chi connectivity index (χ4n) is 5.40. The van der Waals surface area contributed by atoms with Gasteiger partial charge in [0, 0.05) is 27.4 Å². The minimum Gasteiger partial charge on any atom is -0.364 e. The number of nitrogens with one attached hydrogen (secondary N) is 1. The van der Waals surface area contributed by atoms with Crippen molar-refractivity contribution in [1.82, 2.24) is 4.90 Å². The number of carbonyl (C=O) groups is 3. The van der Waals surface area contributed by atoms with Gasteiger partial charge in [-0.05, 0) is 118 Å². The third kappa shape index (κ3) is 5.25. The summed E-state index contributed by atoms with van der Waals surface area (Å²) in [5.41, 5.74) is 5.11. The summed E-state index contributed by atoms with van der Waals surface area (Å²) in [5.74, 6) is -0.489. The van der Waals surface area contributed by atoms with Crippen LogP contribution in [0.4, 0.5) is 16.2 Å². The van der Waals surface area contributed by atoms with Crippen LogP contribution in [0.3, 0.4) is 0 Å². The molecule has 190 valence electrons. The van der Waals surface area contributed by atoms with E-state index in [1.807, 2.05) is 19.1 Å². The van der Waals surface area contributed by atoms with Gasteiger partial charge < -0.3 is 10.2 Å². The van der Waals surface area contributed by atoms with Crippen LogP contribution in [0.15, 0.2) is 45.8 Å². The molecular formula is C28H32BrN3O3S. The molecule has 3 amide bonds. The molecule has 1 fully saturated rings. The van der Waals surface area contributed by atoms with Gasteiger partial charge in [-0.1, -0.05) is 22.9 Å². The van der Waals surface area contributed by atoms with Gasteiger partial charge in [-0.3, -0.25) is 19.3 Å². The van der Waals surface area contributed by atoms with Crippen molar-refractivity contribution < 1.29 is 14.4 Å². The Morgan fingerprint density at radius 3 is 2.53 bits per heavy atom. The molecule has 1 N–H and O–H groups in total. The first-order chi connectivity index (χ1) is 16.9. The van der Waals surface area contributed by atoms with E-state index in [0.717, 1.165) is 38.7 Å². The van der Waals surface area contributed by atoms with Crippen molar-refractivity contribution in [3.8, 4) is 0 Å². The van der Waals surface area contributed by atoms with Gasteiger partial charge in [0.1, 0.15) is 6.54 Å². The highest BCUT2D eigenvalue weighted by atomic mass is 79.9. The van der Waals surface area contributed by atoms with Gasteiger partial charge in [0.2, 0.25) is 5.91 Å². The van der Waals surface area contributed by atoms with E-state index in [1.54, 1.807) is 18.2 Å². The predicted molar refractivity (Wildman–Crippen MR) is 151 cm³/mol. The molecule has 2 aliphatic heterocycles. The maximum Gasteiger partial charge on any atom is 0.294 e. The van der Waals surface area contributed by atoms with Gasteiger partial charge in [0.15, 0.2) is 0 Å². The van der Waals surface area contributed by atoms with E-state index in [9.17, 15) is 14.4 Å². The van der Waals surface area contributed by atoms with Crippen LogP contribution in [0, 0.1) is 6.92 Å². The Kier molecular flexibility index (Phi) is 7.40. The zero-order valence-corrected chi connectivity index (χ0v) is 23.9. The molecule has 2 aromatic rings. The molecule has 0 radical (unpaired) electrons. The van der Waals surface area contributed by atoms with E-state index in [2.05, 4.69) is 72.9 Å². The highest BCUT2D eigenvalue weighted by molar-refractivity contribution is 9.10. The summed E-state index contributed by atoms with van der Waals surface area (Å²) in [6.45, 7) is 13.0. The zero-order chi connectivity index (χ0) is 26.4. The van der Waals surface area contributed by atoms with E-state index >= 15 is 0 Å². The lowest BCUT2D eigenvalue weighted by molar-refractivity contribution is -0.127. The highest BCUT2D eigenvalue weighted by Gasteiger charge is 2.39. The summed E-state index contributed by atoms with van der Waals surface area (Å²) in [6.07, 6.45) is 2.82. The molecule has 0 aromatic heterocycles. The molecular weight excluding hydrogens is 538 g/mol. The van der Waals surface area contributed by atoms with Gasteiger partial charge in [0.25, 0.3) is 11.1 Å². The normalized spacial score (nSPS) is 20.3. The molecule has 0 bridgehead atoms. The second-order valence-corrected chi connectivity index (χ2v) is 12.4. The second-order valence-electron chi connectivity index (χ2n) is 10.5. The van der Waals surface area contributed by atoms with Crippen molar-refractivity contribution >= 4 is 62.2 Å². The van der Waals surface area contributed by atoms with Gasteiger partial charge in [-0.25, -0.2) is 0 Å². The number of aryl methyl sites for hydroxylation is 1. The number of anilines is 2. The first-order valence-corrected chi connectivity index (χ1v) is 13.7.